The van der Waals surface area contributed by atoms with Gasteiger partial charge in [-0.05, 0) is 32.0 Å². The number of hydrogen-bond donors (Lipinski definition) is 1. The van der Waals surface area contributed by atoms with Crippen LogP contribution in [0.4, 0.5) is 4.39 Å². The van der Waals surface area contributed by atoms with Crippen molar-refractivity contribution in [2.24, 2.45) is 0 Å². The zero-order valence-electron chi connectivity index (χ0n) is 10.1. The second-order valence-corrected chi connectivity index (χ2v) is 3.72. The van der Waals surface area contributed by atoms with Gasteiger partial charge in [-0.15, -0.1) is 0 Å². The summed E-state index contributed by atoms with van der Waals surface area (Å²) in [6, 6.07) is 3.53. The number of phenolic OH excluding ortho intramolecular Hbond substituents is 1. The van der Waals surface area contributed by atoms with E-state index in [1.54, 1.807) is 6.92 Å². The molecule has 1 aromatic carbocycles. The summed E-state index contributed by atoms with van der Waals surface area (Å²) < 4.78 is 23.4. The Morgan fingerprint density at radius 3 is 3.00 bits per heavy atom. The van der Waals surface area contributed by atoms with E-state index in [1.165, 1.54) is 6.07 Å². The molecule has 0 fully saturated rings. The number of phenols is 1. The summed E-state index contributed by atoms with van der Waals surface area (Å²) in [6.07, 6.45) is -0.316. The highest BCUT2D eigenvalue weighted by Gasteiger charge is 2.17. The van der Waals surface area contributed by atoms with Crippen molar-refractivity contribution in [2.75, 3.05) is 6.61 Å². The third-order valence-electron chi connectivity index (χ3n) is 2.41. The molecule has 1 atom stereocenters. The average Bonchev–Trinajstić information content (AvgIpc) is 2.82. The monoisotopic (exact) mass is 252 g/mol. The molecule has 1 unspecified atom stereocenters. The van der Waals surface area contributed by atoms with Crippen LogP contribution < -0.4 is 0 Å². The van der Waals surface area contributed by atoms with Gasteiger partial charge in [-0.2, -0.15) is 4.98 Å². The SMILES string of the molecule is CCOC(C)c1noc(-c2cc(F)ccc2O)n1. The number of benzene rings is 1. The Kier molecular flexibility index (Phi) is 3.57. The van der Waals surface area contributed by atoms with E-state index in [1.807, 2.05) is 6.92 Å². The van der Waals surface area contributed by atoms with Gasteiger partial charge in [-0.3, -0.25) is 0 Å². The Morgan fingerprint density at radius 1 is 1.50 bits per heavy atom. The minimum Gasteiger partial charge on any atom is -0.507 e. The molecule has 0 aliphatic heterocycles. The van der Waals surface area contributed by atoms with Crippen molar-refractivity contribution >= 4 is 0 Å². The van der Waals surface area contributed by atoms with Gasteiger partial charge in [0.2, 0.25) is 5.82 Å². The molecule has 5 nitrogen and oxygen atoms in total. The Hall–Kier alpha value is -1.95. The van der Waals surface area contributed by atoms with Crippen molar-refractivity contribution in [1.29, 1.82) is 0 Å². The largest absolute Gasteiger partial charge is 0.507 e. The lowest BCUT2D eigenvalue weighted by Crippen LogP contribution is -2.01. The van der Waals surface area contributed by atoms with Crippen LogP contribution >= 0.6 is 0 Å². The Morgan fingerprint density at radius 2 is 2.28 bits per heavy atom. The minimum atomic E-state index is -0.486. The van der Waals surface area contributed by atoms with E-state index in [2.05, 4.69) is 10.1 Å². The fourth-order valence-electron chi connectivity index (χ4n) is 1.51. The van der Waals surface area contributed by atoms with Gasteiger partial charge in [0.05, 0.1) is 5.56 Å². The smallest absolute Gasteiger partial charge is 0.261 e. The van der Waals surface area contributed by atoms with Gasteiger partial charge in [0.1, 0.15) is 17.7 Å². The van der Waals surface area contributed by atoms with Crippen molar-refractivity contribution in [3.05, 3.63) is 29.8 Å². The molecule has 0 bridgehead atoms. The fraction of sp³-hybridized carbons (Fsp3) is 0.333. The first-order valence-corrected chi connectivity index (χ1v) is 5.56. The summed E-state index contributed by atoms with van der Waals surface area (Å²) in [5, 5.41) is 13.4. The molecule has 2 aromatic rings. The maximum Gasteiger partial charge on any atom is 0.261 e. The summed E-state index contributed by atoms with van der Waals surface area (Å²) in [5.41, 5.74) is 0.164. The molecule has 0 amide bonds. The van der Waals surface area contributed by atoms with Gasteiger partial charge in [0.15, 0.2) is 0 Å². The first-order valence-electron chi connectivity index (χ1n) is 5.56. The number of halogens is 1. The molecule has 0 spiro atoms. The maximum atomic E-state index is 13.1. The molecule has 1 N–H and O–H groups in total. The molecule has 0 saturated carbocycles. The van der Waals surface area contributed by atoms with E-state index >= 15 is 0 Å². The van der Waals surface area contributed by atoms with Crippen molar-refractivity contribution < 1.29 is 18.8 Å². The van der Waals surface area contributed by atoms with Gasteiger partial charge in [-0.1, -0.05) is 5.16 Å². The highest BCUT2D eigenvalue weighted by atomic mass is 19.1. The molecular weight excluding hydrogens is 239 g/mol. The molecule has 0 saturated heterocycles. The number of aromatic nitrogens is 2. The number of nitrogens with zero attached hydrogens (tertiary/aromatic N) is 2. The predicted octanol–water partition coefficient (Wildman–Crippen LogP) is 2.68. The van der Waals surface area contributed by atoms with Crippen LogP contribution in [0.3, 0.4) is 0 Å². The molecule has 0 radical (unpaired) electrons. The molecule has 6 heteroatoms. The quantitative estimate of drug-likeness (QED) is 0.906. The van der Waals surface area contributed by atoms with Crippen LogP contribution in [0.25, 0.3) is 11.5 Å². The van der Waals surface area contributed by atoms with E-state index < -0.39 is 5.82 Å². The van der Waals surface area contributed by atoms with E-state index in [-0.39, 0.29) is 23.3 Å². The summed E-state index contributed by atoms with van der Waals surface area (Å²) in [6.45, 7) is 4.16. The summed E-state index contributed by atoms with van der Waals surface area (Å²) >= 11 is 0. The van der Waals surface area contributed by atoms with E-state index in [9.17, 15) is 9.50 Å². The zero-order valence-corrected chi connectivity index (χ0v) is 10.1. The van der Waals surface area contributed by atoms with E-state index in [0.717, 1.165) is 12.1 Å². The first-order chi connectivity index (χ1) is 8.61. The predicted molar refractivity (Wildman–Crippen MR) is 61.4 cm³/mol. The van der Waals surface area contributed by atoms with E-state index in [0.29, 0.717) is 12.4 Å². The average molecular weight is 252 g/mol. The maximum absolute atomic E-state index is 13.1. The number of hydrogen-bond acceptors (Lipinski definition) is 5. The van der Waals surface area contributed by atoms with Crippen LogP contribution in [0, 0.1) is 5.82 Å². The third kappa shape index (κ3) is 2.48. The second kappa shape index (κ2) is 5.14. The second-order valence-electron chi connectivity index (χ2n) is 3.72. The molecule has 96 valence electrons. The standard InChI is InChI=1S/C12H13FN2O3/c1-3-17-7(2)11-14-12(18-15-11)9-6-8(13)4-5-10(9)16/h4-7,16H,3H2,1-2H3. The third-order valence-corrected chi connectivity index (χ3v) is 2.41. The lowest BCUT2D eigenvalue weighted by Gasteiger charge is -2.04. The number of ether oxygens (including phenoxy) is 1. The van der Waals surface area contributed by atoms with Crippen molar-refractivity contribution in [3.63, 3.8) is 0 Å². The van der Waals surface area contributed by atoms with Crippen LogP contribution in [-0.4, -0.2) is 21.9 Å². The summed E-state index contributed by atoms with van der Waals surface area (Å²) in [5.74, 6) is -0.180. The molecule has 0 aliphatic rings. The molecule has 0 aliphatic carbocycles. The van der Waals surface area contributed by atoms with Gasteiger partial charge in [0, 0.05) is 6.61 Å². The van der Waals surface area contributed by atoms with Crippen LogP contribution in [0.5, 0.6) is 5.75 Å². The summed E-state index contributed by atoms with van der Waals surface area (Å²) in [4.78, 5) is 4.07. The van der Waals surface area contributed by atoms with Crippen molar-refractivity contribution in [2.45, 2.75) is 20.0 Å². The molecule has 1 aromatic heterocycles. The van der Waals surface area contributed by atoms with Gasteiger partial charge < -0.3 is 14.4 Å². The fourth-order valence-corrected chi connectivity index (χ4v) is 1.51. The van der Waals surface area contributed by atoms with E-state index in [4.69, 9.17) is 9.26 Å². The Balaban J connectivity index is 2.32. The lowest BCUT2D eigenvalue weighted by molar-refractivity contribution is 0.0683. The molecular formula is C12H13FN2O3. The first kappa shape index (κ1) is 12.5. The molecule has 1 heterocycles. The van der Waals surface area contributed by atoms with Crippen LogP contribution in [0.2, 0.25) is 0 Å². The molecule has 2 rings (SSSR count). The van der Waals surface area contributed by atoms with Gasteiger partial charge in [0.25, 0.3) is 5.89 Å². The van der Waals surface area contributed by atoms with Crippen molar-refractivity contribution in [3.8, 4) is 17.2 Å². The minimum absolute atomic E-state index is 0.0635. The van der Waals surface area contributed by atoms with Crippen LogP contribution in [-0.2, 0) is 4.74 Å². The van der Waals surface area contributed by atoms with Gasteiger partial charge >= 0.3 is 0 Å². The normalized spacial score (nSPS) is 12.6. The Bertz CT molecular complexity index is 542. The van der Waals surface area contributed by atoms with Gasteiger partial charge in [-0.25, -0.2) is 4.39 Å². The Labute approximate surface area is 103 Å². The molecule has 18 heavy (non-hydrogen) atoms. The van der Waals surface area contributed by atoms with Crippen LogP contribution in [0.1, 0.15) is 25.8 Å². The summed E-state index contributed by atoms with van der Waals surface area (Å²) in [7, 11) is 0. The highest BCUT2D eigenvalue weighted by Crippen LogP contribution is 2.29. The number of rotatable bonds is 4. The topological polar surface area (TPSA) is 68.4 Å². The number of aromatic hydroxyl groups is 1. The van der Waals surface area contributed by atoms with Crippen LogP contribution in [0.15, 0.2) is 22.7 Å². The zero-order chi connectivity index (χ0) is 13.1. The highest BCUT2D eigenvalue weighted by molar-refractivity contribution is 5.61. The lowest BCUT2D eigenvalue weighted by atomic mass is 10.2. The van der Waals surface area contributed by atoms with Crippen molar-refractivity contribution in [1.82, 2.24) is 10.1 Å².